The molecule has 0 spiro atoms. The normalized spacial score (nSPS) is 22.2. The number of likely N-dealkylation sites (tertiary alicyclic amines) is 1. The number of benzene rings is 1. The van der Waals surface area contributed by atoms with Crippen molar-refractivity contribution in [3.8, 4) is 0 Å². The van der Waals surface area contributed by atoms with E-state index in [2.05, 4.69) is 64.1 Å². The molecular formula is C13H19IN2. The lowest BCUT2D eigenvalue weighted by Crippen LogP contribution is -2.43. The third-order valence-corrected chi connectivity index (χ3v) is 3.95. The number of hydrogen-bond donors (Lipinski definition) is 1. The first-order valence-corrected chi connectivity index (χ1v) is 7.00. The Morgan fingerprint density at radius 2 is 2.12 bits per heavy atom. The van der Waals surface area contributed by atoms with Crippen LogP contribution in [0.4, 0.5) is 0 Å². The minimum atomic E-state index is 0.678. The Labute approximate surface area is 112 Å². The van der Waals surface area contributed by atoms with Crippen LogP contribution < -0.4 is 5.32 Å². The lowest BCUT2D eigenvalue weighted by molar-refractivity contribution is 0.188. The van der Waals surface area contributed by atoms with Gasteiger partial charge in [-0.25, -0.2) is 0 Å². The Balaban J connectivity index is 1.91. The average molecular weight is 330 g/mol. The third kappa shape index (κ3) is 3.43. The molecule has 0 radical (unpaired) electrons. The molecule has 1 unspecified atom stereocenters. The summed E-state index contributed by atoms with van der Waals surface area (Å²) in [6.07, 6.45) is 2.63. The van der Waals surface area contributed by atoms with E-state index in [9.17, 15) is 0 Å². The zero-order valence-electron chi connectivity index (χ0n) is 9.75. The average Bonchev–Trinajstić information content (AvgIpc) is 2.32. The van der Waals surface area contributed by atoms with E-state index in [-0.39, 0.29) is 0 Å². The molecule has 88 valence electrons. The Hall–Kier alpha value is -0.130. The topological polar surface area (TPSA) is 15.3 Å². The molecule has 1 aromatic carbocycles. The van der Waals surface area contributed by atoms with E-state index >= 15 is 0 Å². The molecule has 1 aliphatic rings. The lowest BCUT2D eigenvalue weighted by Gasteiger charge is -2.32. The number of nitrogens with zero attached hydrogens (tertiary/aromatic N) is 1. The highest BCUT2D eigenvalue weighted by Gasteiger charge is 2.17. The van der Waals surface area contributed by atoms with Gasteiger partial charge < -0.3 is 5.32 Å². The summed E-state index contributed by atoms with van der Waals surface area (Å²) in [4.78, 5) is 2.55. The second-order valence-electron chi connectivity index (χ2n) is 4.49. The lowest BCUT2D eigenvalue weighted by atomic mass is 10.1. The molecule has 1 aromatic rings. The van der Waals surface area contributed by atoms with Gasteiger partial charge in [0.1, 0.15) is 0 Å². The van der Waals surface area contributed by atoms with Crippen molar-refractivity contribution in [2.45, 2.75) is 25.4 Å². The maximum Gasteiger partial charge on any atom is 0.0234 e. The maximum atomic E-state index is 3.39. The van der Waals surface area contributed by atoms with E-state index in [1.807, 2.05) is 0 Å². The summed E-state index contributed by atoms with van der Waals surface area (Å²) >= 11 is 2.35. The van der Waals surface area contributed by atoms with Crippen molar-refractivity contribution in [1.82, 2.24) is 10.2 Å². The molecule has 0 aromatic heterocycles. The van der Waals surface area contributed by atoms with Crippen molar-refractivity contribution >= 4 is 22.6 Å². The molecule has 3 heteroatoms. The Morgan fingerprint density at radius 1 is 1.38 bits per heavy atom. The number of rotatable bonds is 3. The van der Waals surface area contributed by atoms with Crippen molar-refractivity contribution < 1.29 is 0 Å². The SMILES string of the molecule is CNC1CCCN(Cc2ccc(I)cc2)C1. The molecule has 2 nitrogen and oxygen atoms in total. The predicted molar refractivity (Wildman–Crippen MR) is 76.5 cm³/mol. The zero-order valence-corrected chi connectivity index (χ0v) is 11.9. The second-order valence-corrected chi connectivity index (χ2v) is 5.74. The van der Waals surface area contributed by atoms with Crippen molar-refractivity contribution in [3.63, 3.8) is 0 Å². The predicted octanol–water partition coefficient (Wildman–Crippen LogP) is 2.48. The molecule has 1 fully saturated rings. The van der Waals surface area contributed by atoms with Gasteiger partial charge in [-0.05, 0) is 66.7 Å². The Kier molecular flexibility index (Phi) is 4.61. The molecule has 1 saturated heterocycles. The van der Waals surface area contributed by atoms with E-state index in [1.54, 1.807) is 0 Å². The number of nitrogens with one attached hydrogen (secondary N) is 1. The van der Waals surface area contributed by atoms with Crippen molar-refractivity contribution in [3.05, 3.63) is 33.4 Å². The fourth-order valence-electron chi connectivity index (χ4n) is 2.28. The molecule has 0 saturated carbocycles. The Morgan fingerprint density at radius 3 is 2.81 bits per heavy atom. The van der Waals surface area contributed by atoms with Crippen LogP contribution in [0, 0.1) is 3.57 Å². The quantitative estimate of drug-likeness (QED) is 0.857. The molecule has 0 aliphatic carbocycles. The summed E-state index contributed by atoms with van der Waals surface area (Å²) in [7, 11) is 2.07. The highest BCUT2D eigenvalue weighted by atomic mass is 127. The summed E-state index contributed by atoms with van der Waals surface area (Å²) in [6.45, 7) is 3.52. The molecule has 1 aliphatic heterocycles. The van der Waals surface area contributed by atoms with E-state index in [1.165, 1.54) is 35.1 Å². The fraction of sp³-hybridized carbons (Fsp3) is 0.538. The van der Waals surface area contributed by atoms with Gasteiger partial charge in [0, 0.05) is 22.7 Å². The van der Waals surface area contributed by atoms with Gasteiger partial charge in [0.05, 0.1) is 0 Å². The summed E-state index contributed by atoms with van der Waals surface area (Å²) in [6, 6.07) is 9.54. The number of piperidine rings is 1. The summed E-state index contributed by atoms with van der Waals surface area (Å²) in [5.41, 5.74) is 1.43. The van der Waals surface area contributed by atoms with Gasteiger partial charge in [0.25, 0.3) is 0 Å². The van der Waals surface area contributed by atoms with Crippen LogP contribution in [-0.2, 0) is 6.54 Å². The molecule has 2 rings (SSSR count). The minimum absolute atomic E-state index is 0.678. The van der Waals surface area contributed by atoms with Crippen LogP contribution in [0.3, 0.4) is 0 Å². The van der Waals surface area contributed by atoms with Crippen molar-refractivity contribution in [2.75, 3.05) is 20.1 Å². The second kappa shape index (κ2) is 5.98. The summed E-state index contributed by atoms with van der Waals surface area (Å²) in [5, 5.41) is 3.39. The molecule has 1 N–H and O–H groups in total. The number of halogens is 1. The monoisotopic (exact) mass is 330 g/mol. The highest BCUT2D eigenvalue weighted by Crippen LogP contribution is 2.14. The van der Waals surface area contributed by atoms with Gasteiger partial charge in [-0.2, -0.15) is 0 Å². The van der Waals surface area contributed by atoms with Crippen molar-refractivity contribution in [2.24, 2.45) is 0 Å². The van der Waals surface area contributed by atoms with Crippen LogP contribution in [0.1, 0.15) is 18.4 Å². The van der Waals surface area contributed by atoms with E-state index < -0.39 is 0 Å². The minimum Gasteiger partial charge on any atom is -0.316 e. The van der Waals surface area contributed by atoms with Gasteiger partial charge in [0.15, 0.2) is 0 Å². The smallest absolute Gasteiger partial charge is 0.0234 e. The van der Waals surface area contributed by atoms with Gasteiger partial charge in [-0.15, -0.1) is 0 Å². The largest absolute Gasteiger partial charge is 0.316 e. The Bertz CT molecular complexity index is 323. The molecule has 1 atom stereocenters. The van der Waals surface area contributed by atoms with Crippen LogP contribution in [-0.4, -0.2) is 31.1 Å². The first-order chi connectivity index (χ1) is 7.78. The molecular weight excluding hydrogens is 311 g/mol. The van der Waals surface area contributed by atoms with Gasteiger partial charge >= 0.3 is 0 Å². The van der Waals surface area contributed by atoms with E-state index in [4.69, 9.17) is 0 Å². The standard InChI is InChI=1S/C13H19IN2/c1-15-13-3-2-8-16(10-13)9-11-4-6-12(14)7-5-11/h4-7,13,15H,2-3,8-10H2,1H3. The first-order valence-electron chi connectivity index (χ1n) is 5.92. The zero-order chi connectivity index (χ0) is 11.4. The van der Waals surface area contributed by atoms with Crippen LogP contribution in [0.2, 0.25) is 0 Å². The molecule has 0 bridgehead atoms. The van der Waals surface area contributed by atoms with E-state index in [0.717, 1.165) is 6.54 Å². The maximum absolute atomic E-state index is 3.39. The van der Waals surface area contributed by atoms with Crippen LogP contribution in [0.25, 0.3) is 0 Å². The molecule has 1 heterocycles. The molecule has 0 amide bonds. The van der Waals surface area contributed by atoms with Gasteiger partial charge in [-0.1, -0.05) is 12.1 Å². The van der Waals surface area contributed by atoms with Gasteiger partial charge in [0.2, 0.25) is 0 Å². The number of hydrogen-bond acceptors (Lipinski definition) is 2. The van der Waals surface area contributed by atoms with Crippen molar-refractivity contribution in [1.29, 1.82) is 0 Å². The van der Waals surface area contributed by atoms with Gasteiger partial charge in [-0.3, -0.25) is 4.90 Å². The highest BCUT2D eigenvalue weighted by molar-refractivity contribution is 14.1. The summed E-state index contributed by atoms with van der Waals surface area (Å²) < 4.78 is 1.31. The van der Waals surface area contributed by atoms with Crippen LogP contribution in [0.15, 0.2) is 24.3 Å². The van der Waals surface area contributed by atoms with Crippen LogP contribution >= 0.6 is 22.6 Å². The fourth-order valence-corrected chi connectivity index (χ4v) is 2.64. The molecule has 16 heavy (non-hydrogen) atoms. The summed E-state index contributed by atoms with van der Waals surface area (Å²) in [5.74, 6) is 0. The first kappa shape index (κ1) is 12.3. The van der Waals surface area contributed by atoms with Crippen LogP contribution in [0.5, 0.6) is 0 Å². The third-order valence-electron chi connectivity index (χ3n) is 3.23. The van der Waals surface area contributed by atoms with E-state index in [0.29, 0.717) is 6.04 Å². The number of likely N-dealkylation sites (N-methyl/N-ethyl adjacent to an activating group) is 1.